The molecule has 24 heavy (non-hydrogen) atoms. The van der Waals surface area contributed by atoms with Crippen molar-refractivity contribution in [3.63, 3.8) is 0 Å². The van der Waals surface area contributed by atoms with E-state index in [-0.39, 0.29) is 11.9 Å². The number of carbonyl (C=O) groups excluding carboxylic acids is 1. The highest BCUT2D eigenvalue weighted by Gasteiger charge is 2.31. The molecule has 0 spiro atoms. The molecule has 1 fully saturated rings. The molecule has 1 amide bonds. The Balaban J connectivity index is 1.78. The lowest BCUT2D eigenvalue weighted by molar-refractivity contribution is 0.0573. The molecule has 2 unspecified atom stereocenters. The van der Waals surface area contributed by atoms with Gasteiger partial charge in [-0.05, 0) is 31.2 Å². The Hall–Kier alpha value is -2.14. The topological polar surface area (TPSA) is 64.2 Å². The van der Waals surface area contributed by atoms with Gasteiger partial charge in [0.1, 0.15) is 0 Å². The average Bonchev–Trinajstić information content (AvgIpc) is 2.96. The van der Waals surface area contributed by atoms with Gasteiger partial charge in [0.05, 0.1) is 18.3 Å². The summed E-state index contributed by atoms with van der Waals surface area (Å²) in [5.41, 5.74) is 8.69. The van der Waals surface area contributed by atoms with Crippen molar-refractivity contribution in [1.29, 1.82) is 0 Å². The second kappa shape index (κ2) is 7.18. The molecule has 2 atom stereocenters. The van der Waals surface area contributed by atoms with Crippen molar-refractivity contribution in [2.24, 2.45) is 11.7 Å². The molecule has 0 radical (unpaired) electrons. The van der Waals surface area contributed by atoms with Gasteiger partial charge in [0.25, 0.3) is 5.91 Å². The van der Waals surface area contributed by atoms with E-state index < -0.39 is 0 Å². The van der Waals surface area contributed by atoms with Crippen LogP contribution in [0.25, 0.3) is 0 Å². The summed E-state index contributed by atoms with van der Waals surface area (Å²) in [7, 11) is 0. The number of aromatic nitrogens is 2. The van der Waals surface area contributed by atoms with Crippen molar-refractivity contribution in [3.8, 4) is 0 Å². The highest BCUT2D eigenvalue weighted by atomic mass is 16.2. The molecule has 1 aliphatic rings. The maximum absolute atomic E-state index is 13.0. The van der Waals surface area contributed by atoms with E-state index in [4.69, 9.17) is 5.73 Å². The fraction of sp³-hybridized carbons (Fsp3) is 0.474. The first-order valence-electron chi connectivity index (χ1n) is 8.67. The quantitative estimate of drug-likeness (QED) is 0.938. The maximum atomic E-state index is 13.0. The lowest BCUT2D eigenvalue weighted by Crippen LogP contribution is -2.49. The molecule has 5 heteroatoms. The highest BCUT2D eigenvalue weighted by molar-refractivity contribution is 5.95. The van der Waals surface area contributed by atoms with Gasteiger partial charge in [0, 0.05) is 24.8 Å². The van der Waals surface area contributed by atoms with E-state index in [1.54, 1.807) is 6.20 Å². The molecule has 2 aromatic rings. The molecule has 0 aliphatic carbocycles. The number of piperidine rings is 1. The fourth-order valence-corrected chi connectivity index (χ4v) is 3.47. The Bertz CT molecular complexity index is 695. The first kappa shape index (κ1) is 16.7. The van der Waals surface area contributed by atoms with Gasteiger partial charge in [-0.2, -0.15) is 5.10 Å². The second-order valence-electron chi connectivity index (χ2n) is 6.80. The first-order chi connectivity index (χ1) is 11.6. The van der Waals surface area contributed by atoms with Gasteiger partial charge in [-0.3, -0.25) is 9.48 Å². The van der Waals surface area contributed by atoms with E-state index in [1.807, 2.05) is 34.7 Å². The summed E-state index contributed by atoms with van der Waals surface area (Å²) in [5, 5.41) is 4.43. The SMILES string of the molecule is Cc1c(C(=O)N2CCC(C)CC2CN)cnn1Cc1ccccc1. The van der Waals surface area contributed by atoms with Crippen LogP contribution in [-0.2, 0) is 6.54 Å². The molecule has 1 saturated heterocycles. The molecule has 2 heterocycles. The van der Waals surface area contributed by atoms with Crippen molar-refractivity contribution >= 4 is 5.91 Å². The molecule has 2 N–H and O–H groups in total. The van der Waals surface area contributed by atoms with Crippen LogP contribution in [0.3, 0.4) is 0 Å². The first-order valence-corrected chi connectivity index (χ1v) is 8.67. The number of carbonyl (C=O) groups is 1. The van der Waals surface area contributed by atoms with E-state index in [9.17, 15) is 4.79 Å². The van der Waals surface area contributed by atoms with E-state index in [2.05, 4.69) is 24.2 Å². The molecule has 128 valence electrons. The number of nitrogens with zero attached hydrogens (tertiary/aromatic N) is 3. The van der Waals surface area contributed by atoms with Gasteiger partial charge in [0.2, 0.25) is 0 Å². The Labute approximate surface area is 143 Å². The minimum atomic E-state index is 0.0640. The summed E-state index contributed by atoms with van der Waals surface area (Å²) < 4.78 is 1.90. The van der Waals surface area contributed by atoms with Crippen LogP contribution in [0.15, 0.2) is 36.5 Å². The molecular formula is C19H26N4O. The molecule has 1 aliphatic heterocycles. The number of benzene rings is 1. The number of rotatable bonds is 4. The third kappa shape index (κ3) is 3.36. The van der Waals surface area contributed by atoms with Crippen LogP contribution in [0.5, 0.6) is 0 Å². The molecule has 5 nitrogen and oxygen atoms in total. The summed E-state index contributed by atoms with van der Waals surface area (Å²) in [6.07, 6.45) is 3.73. The van der Waals surface area contributed by atoms with Gasteiger partial charge in [0.15, 0.2) is 0 Å². The van der Waals surface area contributed by atoms with Crippen molar-refractivity contribution in [2.45, 2.75) is 39.3 Å². The smallest absolute Gasteiger partial charge is 0.257 e. The van der Waals surface area contributed by atoms with Gasteiger partial charge in [-0.1, -0.05) is 37.3 Å². The average molecular weight is 326 g/mol. The molecule has 0 saturated carbocycles. The highest BCUT2D eigenvalue weighted by Crippen LogP contribution is 2.24. The standard InChI is InChI=1S/C19H26N4O/c1-14-8-9-22(17(10-14)11-20)19(24)18-12-21-23(15(18)2)13-16-6-4-3-5-7-16/h3-7,12,14,17H,8-11,13,20H2,1-2H3. The Morgan fingerprint density at radius 1 is 1.33 bits per heavy atom. The lowest BCUT2D eigenvalue weighted by atomic mass is 9.92. The minimum absolute atomic E-state index is 0.0640. The van der Waals surface area contributed by atoms with Gasteiger partial charge in [-0.25, -0.2) is 0 Å². The molecule has 0 bridgehead atoms. The number of nitrogens with two attached hydrogens (primary N) is 1. The third-order valence-electron chi connectivity index (χ3n) is 5.02. The van der Waals surface area contributed by atoms with Crippen molar-refractivity contribution < 1.29 is 4.79 Å². The van der Waals surface area contributed by atoms with Crippen LogP contribution in [0.1, 0.15) is 41.4 Å². The summed E-state index contributed by atoms with van der Waals surface area (Å²) in [4.78, 5) is 14.9. The van der Waals surface area contributed by atoms with Crippen molar-refractivity contribution in [1.82, 2.24) is 14.7 Å². The Morgan fingerprint density at radius 3 is 2.79 bits per heavy atom. The normalized spacial score (nSPS) is 21.0. The molecule has 1 aromatic heterocycles. The predicted molar refractivity (Wildman–Crippen MR) is 94.8 cm³/mol. The van der Waals surface area contributed by atoms with E-state index >= 15 is 0 Å². The van der Waals surface area contributed by atoms with Gasteiger partial charge in [-0.15, -0.1) is 0 Å². The summed E-state index contributed by atoms with van der Waals surface area (Å²) in [6, 6.07) is 10.3. The molecule has 3 rings (SSSR count). The summed E-state index contributed by atoms with van der Waals surface area (Å²) in [6.45, 7) is 6.18. The van der Waals surface area contributed by atoms with Gasteiger partial charge >= 0.3 is 0 Å². The second-order valence-corrected chi connectivity index (χ2v) is 6.80. The monoisotopic (exact) mass is 326 g/mol. The number of hydrogen-bond donors (Lipinski definition) is 1. The molecule has 1 aromatic carbocycles. The zero-order valence-electron chi connectivity index (χ0n) is 14.5. The third-order valence-corrected chi connectivity index (χ3v) is 5.02. The van der Waals surface area contributed by atoms with Gasteiger partial charge < -0.3 is 10.6 Å². The summed E-state index contributed by atoms with van der Waals surface area (Å²) >= 11 is 0. The van der Waals surface area contributed by atoms with Crippen LogP contribution in [-0.4, -0.2) is 39.7 Å². The number of likely N-dealkylation sites (tertiary alicyclic amines) is 1. The van der Waals surface area contributed by atoms with E-state index in [0.29, 0.717) is 24.6 Å². The van der Waals surface area contributed by atoms with Crippen molar-refractivity contribution in [2.75, 3.05) is 13.1 Å². The van der Waals surface area contributed by atoms with Crippen LogP contribution in [0, 0.1) is 12.8 Å². The zero-order valence-corrected chi connectivity index (χ0v) is 14.5. The summed E-state index contributed by atoms with van der Waals surface area (Å²) in [5.74, 6) is 0.693. The largest absolute Gasteiger partial charge is 0.334 e. The number of amides is 1. The van der Waals surface area contributed by atoms with E-state index in [0.717, 1.165) is 25.1 Å². The van der Waals surface area contributed by atoms with Crippen molar-refractivity contribution in [3.05, 3.63) is 53.3 Å². The minimum Gasteiger partial charge on any atom is -0.334 e. The van der Waals surface area contributed by atoms with Crippen LogP contribution < -0.4 is 5.73 Å². The van der Waals surface area contributed by atoms with Crippen LogP contribution >= 0.6 is 0 Å². The Kier molecular flexibility index (Phi) is 5.00. The van der Waals surface area contributed by atoms with Crippen LogP contribution in [0.4, 0.5) is 0 Å². The number of hydrogen-bond acceptors (Lipinski definition) is 3. The Morgan fingerprint density at radius 2 is 2.08 bits per heavy atom. The molecular weight excluding hydrogens is 300 g/mol. The van der Waals surface area contributed by atoms with E-state index in [1.165, 1.54) is 5.56 Å². The maximum Gasteiger partial charge on any atom is 0.257 e. The predicted octanol–water partition coefficient (Wildman–Crippen LogP) is 2.44. The van der Waals surface area contributed by atoms with Crippen LogP contribution in [0.2, 0.25) is 0 Å². The lowest BCUT2D eigenvalue weighted by Gasteiger charge is -2.38. The zero-order chi connectivity index (χ0) is 17.1. The fourth-order valence-electron chi connectivity index (χ4n) is 3.47.